The van der Waals surface area contributed by atoms with Crippen LogP contribution in [0, 0.1) is 0 Å². The number of quaternary nitrogens is 1. The molecule has 0 aromatic heterocycles. The number of hydrogen-bond acceptors (Lipinski definition) is 5. The van der Waals surface area contributed by atoms with Gasteiger partial charge >= 0.3 is 7.82 Å². The summed E-state index contributed by atoms with van der Waals surface area (Å²) in [5.74, 6) is -0.180. The predicted octanol–water partition coefficient (Wildman–Crippen LogP) is 11.0. The summed E-state index contributed by atoms with van der Waals surface area (Å²) < 4.78 is 23.5. The molecule has 50 heavy (non-hydrogen) atoms. The van der Waals surface area contributed by atoms with Crippen LogP contribution in [0.2, 0.25) is 0 Å². The van der Waals surface area contributed by atoms with Gasteiger partial charge in [0, 0.05) is 6.42 Å². The van der Waals surface area contributed by atoms with E-state index in [9.17, 15) is 19.4 Å². The van der Waals surface area contributed by atoms with Crippen molar-refractivity contribution in [3.05, 3.63) is 24.3 Å². The van der Waals surface area contributed by atoms with Crippen molar-refractivity contribution in [2.24, 2.45) is 0 Å². The maximum Gasteiger partial charge on any atom is 0.472 e. The lowest BCUT2D eigenvalue weighted by molar-refractivity contribution is -0.870. The molecule has 1 amide bonds. The van der Waals surface area contributed by atoms with Crippen molar-refractivity contribution in [3.8, 4) is 0 Å². The Morgan fingerprint density at radius 3 is 1.62 bits per heavy atom. The van der Waals surface area contributed by atoms with E-state index in [0.717, 1.165) is 38.5 Å². The fourth-order valence-electron chi connectivity index (χ4n) is 5.81. The van der Waals surface area contributed by atoms with Gasteiger partial charge in [-0.1, -0.05) is 160 Å². The summed E-state index contributed by atoms with van der Waals surface area (Å²) in [7, 11) is 1.57. The molecule has 0 aliphatic carbocycles. The SMILES string of the molecule is CCC/C=C/CCCCCCCC/C=C/[C@@H](O)[C@H](COP(=O)(O)OCC[N+](C)(C)C)NC(=O)CCCCCCCCCCCCCCCCC. The second-order valence-electron chi connectivity index (χ2n) is 15.4. The number of hydrogen-bond donors (Lipinski definition) is 3. The second-order valence-corrected chi connectivity index (χ2v) is 16.8. The number of nitrogens with zero attached hydrogens (tertiary/aromatic N) is 1. The van der Waals surface area contributed by atoms with E-state index in [4.69, 9.17) is 9.05 Å². The molecule has 0 rings (SSSR count). The third-order valence-electron chi connectivity index (χ3n) is 9.15. The van der Waals surface area contributed by atoms with Crippen molar-refractivity contribution in [1.29, 1.82) is 0 Å². The number of likely N-dealkylation sites (N-methyl/N-ethyl adjacent to an activating group) is 1. The normalized spacial score (nSPS) is 14.8. The predicted molar refractivity (Wildman–Crippen MR) is 212 cm³/mol. The Hall–Kier alpha value is -1.02. The van der Waals surface area contributed by atoms with Gasteiger partial charge in [0.1, 0.15) is 13.2 Å². The van der Waals surface area contributed by atoms with Crippen LogP contribution in [0.1, 0.15) is 181 Å². The van der Waals surface area contributed by atoms with Gasteiger partial charge in [-0.05, 0) is 38.5 Å². The van der Waals surface area contributed by atoms with Crippen molar-refractivity contribution in [1.82, 2.24) is 5.32 Å². The first kappa shape index (κ1) is 49.0. The van der Waals surface area contributed by atoms with Crippen molar-refractivity contribution in [3.63, 3.8) is 0 Å². The van der Waals surface area contributed by atoms with Crippen LogP contribution < -0.4 is 5.32 Å². The number of nitrogens with one attached hydrogen (secondary N) is 1. The minimum atomic E-state index is -4.33. The van der Waals surface area contributed by atoms with E-state index in [0.29, 0.717) is 17.4 Å². The first-order valence-electron chi connectivity index (χ1n) is 20.7. The molecule has 0 aromatic rings. The average Bonchev–Trinajstić information content (AvgIpc) is 3.06. The number of rotatable bonds is 37. The van der Waals surface area contributed by atoms with E-state index < -0.39 is 20.0 Å². The lowest BCUT2D eigenvalue weighted by Gasteiger charge is -2.25. The zero-order chi connectivity index (χ0) is 37.2. The number of amides is 1. The molecule has 0 aromatic carbocycles. The molecule has 1 unspecified atom stereocenters. The monoisotopic (exact) mass is 730 g/mol. The number of phosphoric acid groups is 1. The molecule has 0 aliphatic heterocycles. The van der Waals surface area contributed by atoms with Crippen LogP contribution in [-0.2, 0) is 18.4 Å². The summed E-state index contributed by atoms with van der Waals surface area (Å²) in [5.41, 5.74) is 0. The molecule has 3 N–H and O–H groups in total. The molecule has 0 radical (unpaired) electrons. The number of unbranched alkanes of at least 4 members (excludes halogenated alkanes) is 22. The highest BCUT2D eigenvalue weighted by Gasteiger charge is 2.27. The number of aliphatic hydroxyl groups excluding tert-OH is 1. The Kier molecular flexibility index (Phi) is 33.1. The topological polar surface area (TPSA) is 105 Å². The standard InChI is InChI=1S/C41H81N2O6P/c1-6-8-10-12-14-16-18-20-21-23-25-27-29-31-33-35-41(45)42-39(38-49-50(46,47)48-37-36-43(3,4)5)40(44)34-32-30-28-26-24-22-19-17-15-13-11-9-7-2/h11,13,32,34,39-40,44H,6-10,12,14-31,33,35-38H2,1-5H3,(H-,42,45,46,47)/p+1/b13-11+,34-32+/t39-,40+/m0/s1. The fraction of sp³-hybridized carbons (Fsp3) is 0.878. The van der Waals surface area contributed by atoms with Crippen LogP contribution in [0.5, 0.6) is 0 Å². The molecule has 9 heteroatoms. The van der Waals surface area contributed by atoms with Gasteiger partial charge in [-0.3, -0.25) is 13.8 Å². The Bertz CT molecular complexity index is 876. The molecule has 0 spiro atoms. The number of allylic oxidation sites excluding steroid dienone is 3. The molecule has 8 nitrogen and oxygen atoms in total. The van der Waals surface area contributed by atoms with Gasteiger partial charge in [0.15, 0.2) is 0 Å². The lowest BCUT2D eigenvalue weighted by Crippen LogP contribution is -2.45. The minimum absolute atomic E-state index is 0.0615. The van der Waals surface area contributed by atoms with E-state index in [1.165, 1.54) is 122 Å². The van der Waals surface area contributed by atoms with Gasteiger partial charge < -0.3 is 19.8 Å². The Labute approximate surface area is 309 Å². The summed E-state index contributed by atoms with van der Waals surface area (Å²) in [6.07, 6.45) is 38.1. The molecular formula is C41H82N2O6P+. The lowest BCUT2D eigenvalue weighted by atomic mass is 10.0. The highest BCUT2D eigenvalue weighted by molar-refractivity contribution is 7.47. The van der Waals surface area contributed by atoms with Crippen LogP contribution in [0.25, 0.3) is 0 Å². The summed E-state index contributed by atoms with van der Waals surface area (Å²) in [6, 6.07) is -0.844. The number of phosphoric ester groups is 1. The number of aliphatic hydroxyl groups is 1. The quantitative estimate of drug-likeness (QED) is 0.0254. The molecular weight excluding hydrogens is 647 g/mol. The van der Waals surface area contributed by atoms with E-state index in [-0.39, 0.29) is 19.1 Å². The van der Waals surface area contributed by atoms with Gasteiger partial charge in [0.25, 0.3) is 0 Å². The minimum Gasteiger partial charge on any atom is -0.387 e. The van der Waals surface area contributed by atoms with Gasteiger partial charge in [-0.2, -0.15) is 0 Å². The first-order valence-corrected chi connectivity index (χ1v) is 22.2. The Balaban J connectivity index is 4.47. The van der Waals surface area contributed by atoms with Gasteiger partial charge in [0.2, 0.25) is 5.91 Å². The van der Waals surface area contributed by atoms with Crippen molar-refractivity contribution in [2.75, 3.05) is 40.9 Å². The summed E-state index contributed by atoms with van der Waals surface area (Å²) in [4.78, 5) is 23.0. The fourth-order valence-corrected chi connectivity index (χ4v) is 6.54. The third-order valence-corrected chi connectivity index (χ3v) is 10.1. The van der Waals surface area contributed by atoms with Crippen molar-refractivity contribution in [2.45, 2.75) is 193 Å². The maximum atomic E-state index is 12.8. The van der Waals surface area contributed by atoms with Crippen LogP contribution >= 0.6 is 7.82 Å². The summed E-state index contributed by atoms with van der Waals surface area (Å²) in [6.45, 7) is 4.75. The van der Waals surface area contributed by atoms with Crippen molar-refractivity contribution < 1.29 is 32.9 Å². The van der Waals surface area contributed by atoms with Crippen LogP contribution in [0.4, 0.5) is 0 Å². The third kappa shape index (κ3) is 35.4. The van der Waals surface area contributed by atoms with Gasteiger partial charge in [-0.15, -0.1) is 0 Å². The molecule has 296 valence electrons. The number of carbonyl (C=O) groups excluding carboxylic acids is 1. The molecule has 0 heterocycles. The zero-order valence-corrected chi connectivity index (χ0v) is 34.3. The van der Waals surface area contributed by atoms with E-state index in [1.807, 2.05) is 27.2 Å². The largest absolute Gasteiger partial charge is 0.472 e. The van der Waals surface area contributed by atoms with Crippen molar-refractivity contribution >= 4 is 13.7 Å². The van der Waals surface area contributed by atoms with Crippen LogP contribution in [-0.4, -0.2) is 73.4 Å². The molecule has 3 atom stereocenters. The smallest absolute Gasteiger partial charge is 0.387 e. The van der Waals surface area contributed by atoms with E-state index in [1.54, 1.807) is 6.08 Å². The summed E-state index contributed by atoms with van der Waals surface area (Å²) in [5, 5.41) is 13.8. The van der Waals surface area contributed by atoms with Crippen LogP contribution in [0.3, 0.4) is 0 Å². The molecule has 0 saturated carbocycles. The van der Waals surface area contributed by atoms with Gasteiger partial charge in [0.05, 0.1) is 39.9 Å². The maximum absolute atomic E-state index is 12.8. The Morgan fingerprint density at radius 1 is 0.660 bits per heavy atom. The number of carbonyl (C=O) groups is 1. The van der Waals surface area contributed by atoms with E-state index in [2.05, 4.69) is 31.3 Å². The first-order chi connectivity index (χ1) is 24.0. The zero-order valence-electron chi connectivity index (χ0n) is 33.4. The highest BCUT2D eigenvalue weighted by atomic mass is 31.2. The molecule has 0 saturated heterocycles. The van der Waals surface area contributed by atoms with Crippen LogP contribution in [0.15, 0.2) is 24.3 Å². The molecule has 0 fully saturated rings. The Morgan fingerprint density at radius 2 is 1.12 bits per heavy atom. The molecule has 0 bridgehead atoms. The highest BCUT2D eigenvalue weighted by Crippen LogP contribution is 2.43. The van der Waals surface area contributed by atoms with E-state index >= 15 is 0 Å². The average molecular weight is 730 g/mol. The summed E-state index contributed by atoms with van der Waals surface area (Å²) >= 11 is 0. The van der Waals surface area contributed by atoms with Gasteiger partial charge in [-0.25, -0.2) is 4.57 Å². The molecule has 0 aliphatic rings. The second kappa shape index (κ2) is 33.8.